The molecule has 2 aromatic rings. The Hall–Kier alpha value is -3.33. The summed E-state index contributed by atoms with van der Waals surface area (Å²) in [6.45, 7) is 11.2. The topological polar surface area (TPSA) is 89.2 Å². The first-order chi connectivity index (χ1) is 17.2. The lowest BCUT2D eigenvalue weighted by molar-refractivity contribution is 0.00834. The molecule has 0 unspecified atom stereocenters. The lowest BCUT2D eigenvalue weighted by atomic mass is 9.96. The van der Waals surface area contributed by atoms with Crippen LogP contribution in [-0.2, 0) is 17.7 Å². The Morgan fingerprint density at radius 2 is 1.64 bits per heavy atom. The van der Waals surface area contributed by atoms with Crippen LogP contribution in [0.1, 0.15) is 52.7 Å². The summed E-state index contributed by atoms with van der Waals surface area (Å²) in [5, 5.41) is 0. The number of hydrogen-bond acceptors (Lipinski definition) is 5. The Kier molecular flexibility index (Phi) is 6.51. The van der Waals surface area contributed by atoms with E-state index in [1.807, 2.05) is 60.9 Å². The second-order valence-electron chi connectivity index (χ2n) is 10.9. The molecule has 0 aliphatic carbocycles. The number of ether oxygens (including phenoxy) is 1. The lowest BCUT2D eigenvalue weighted by Crippen LogP contribution is -2.64. The first-order valence-corrected chi connectivity index (χ1v) is 12.7. The lowest BCUT2D eigenvalue weighted by Gasteiger charge is -2.48. The van der Waals surface area contributed by atoms with Crippen LogP contribution in [0.25, 0.3) is 0 Å². The Bertz CT molecular complexity index is 1130. The maximum atomic E-state index is 13.1. The van der Waals surface area contributed by atoms with E-state index < -0.39 is 5.60 Å². The van der Waals surface area contributed by atoms with Gasteiger partial charge in [-0.1, -0.05) is 6.07 Å². The van der Waals surface area contributed by atoms with Crippen molar-refractivity contribution >= 4 is 17.9 Å². The van der Waals surface area contributed by atoms with Gasteiger partial charge in [-0.05, 0) is 62.6 Å². The van der Waals surface area contributed by atoms with Crippen molar-refractivity contribution in [1.82, 2.24) is 24.6 Å². The molecule has 4 heterocycles. The molecule has 9 nitrogen and oxygen atoms in total. The molecule has 0 saturated carbocycles. The molecular weight excluding hydrogens is 458 g/mol. The second-order valence-corrected chi connectivity index (χ2v) is 10.9. The van der Waals surface area contributed by atoms with Crippen LogP contribution in [0.5, 0.6) is 0 Å². The van der Waals surface area contributed by atoms with Crippen LogP contribution in [0.2, 0.25) is 0 Å². The van der Waals surface area contributed by atoms with Gasteiger partial charge < -0.3 is 24.4 Å². The monoisotopic (exact) mass is 493 g/mol. The Morgan fingerprint density at radius 1 is 0.889 bits per heavy atom. The maximum absolute atomic E-state index is 13.1. The van der Waals surface area contributed by atoms with Crippen molar-refractivity contribution in [2.45, 2.75) is 45.4 Å². The normalized spacial score (nSPS) is 19.0. The zero-order valence-electron chi connectivity index (χ0n) is 21.3. The molecule has 1 N–H and O–H groups in total. The van der Waals surface area contributed by atoms with E-state index in [-0.39, 0.29) is 17.9 Å². The summed E-state index contributed by atoms with van der Waals surface area (Å²) in [6, 6.07) is 9.82. The fourth-order valence-corrected chi connectivity index (χ4v) is 5.13. The number of likely N-dealkylation sites (tertiary alicyclic amines) is 1. The van der Waals surface area contributed by atoms with E-state index in [1.54, 1.807) is 11.1 Å². The predicted molar refractivity (Wildman–Crippen MR) is 135 cm³/mol. The molecule has 0 bridgehead atoms. The van der Waals surface area contributed by atoms with Crippen LogP contribution in [0.4, 0.5) is 4.79 Å². The van der Waals surface area contributed by atoms with Crippen molar-refractivity contribution in [2.75, 3.05) is 45.8 Å². The number of rotatable bonds is 3. The number of H-pyrrole nitrogens is 1. The van der Waals surface area contributed by atoms with Gasteiger partial charge in [0.1, 0.15) is 11.3 Å². The third-order valence-corrected chi connectivity index (χ3v) is 7.21. The number of aromatic amines is 1. The number of piperazine rings is 1. The first kappa shape index (κ1) is 24.4. The number of nitrogens with zero attached hydrogens (tertiary/aromatic N) is 4. The van der Waals surface area contributed by atoms with E-state index in [9.17, 15) is 14.4 Å². The summed E-state index contributed by atoms with van der Waals surface area (Å²) < 4.78 is 5.50. The van der Waals surface area contributed by atoms with Gasteiger partial charge in [-0.25, -0.2) is 4.79 Å². The van der Waals surface area contributed by atoms with E-state index in [0.29, 0.717) is 63.0 Å². The molecule has 3 aliphatic heterocycles. The molecule has 5 rings (SSSR count). The first-order valence-electron chi connectivity index (χ1n) is 12.7. The maximum Gasteiger partial charge on any atom is 0.410 e. The molecule has 1 aromatic heterocycles. The number of hydrogen-bond donors (Lipinski definition) is 1. The molecule has 9 heteroatoms. The van der Waals surface area contributed by atoms with E-state index in [2.05, 4.69) is 9.88 Å². The molecule has 2 saturated heterocycles. The fourth-order valence-electron chi connectivity index (χ4n) is 5.13. The highest BCUT2D eigenvalue weighted by atomic mass is 16.6. The quantitative estimate of drug-likeness (QED) is 0.710. The molecular formula is C27H35N5O4. The minimum Gasteiger partial charge on any atom is -0.444 e. The summed E-state index contributed by atoms with van der Waals surface area (Å²) in [7, 11) is 0. The van der Waals surface area contributed by atoms with Crippen LogP contribution in [0, 0.1) is 0 Å². The van der Waals surface area contributed by atoms with Gasteiger partial charge in [-0.3, -0.25) is 14.5 Å². The number of fused-ring (bicyclic) bond motifs is 1. The third kappa shape index (κ3) is 5.11. The van der Waals surface area contributed by atoms with Gasteiger partial charge in [-0.15, -0.1) is 0 Å². The Morgan fingerprint density at radius 3 is 2.31 bits per heavy atom. The second kappa shape index (κ2) is 9.61. The van der Waals surface area contributed by atoms with Gasteiger partial charge in [0.25, 0.3) is 11.8 Å². The minimum atomic E-state index is -0.518. The highest BCUT2D eigenvalue weighted by molar-refractivity contribution is 5.95. The number of benzene rings is 1. The van der Waals surface area contributed by atoms with Gasteiger partial charge in [0.05, 0.1) is 0 Å². The Labute approximate surface area is 212 Å². The van der Waals surface area contributed by atoms with Crippen LogP contribution in [0.3, 0.4) is 0 Å². The highest BCUT2D eigenvalue weighted by Gasteiger charge is 2.37. The molecule has 3 amide bonds. The van der Waals surface area contributed by atoms with E-state index in [4.69, 9.17) is 4.74 Å². The summed E-state index contributed by atoms with van der Waals surface area (Å²) >= 11 is 0. The van der Waals surface area contributed by atoms with Crippen LogP contribution < -0.4 is 0 Å². The van der Waals surface area contributed by atoms with Crippen molar-refractivity contribution in [3.8, 4) is 0 Å². The Balaban J connectivity index is 1.11. The molecule has 0 spiro atoms. The number of amides is 3. The molecule has 2 fully saturated rings. The van der Waals surface area contributed by atoms with Gasteiger partial charge in [0.2, 0.25) is 0 Å². The smallest absolute Gasteiger partial charge is 0.410 e. The molecule has 192 valence electrons. The summed E-state index contributed by atoms with van der Waals surface area (Å²) in [5.74, 6) is 0.107. The van der Waals surface area contributed by atoms with Crippen LogP contribution in [0.15, 0.2) is 36.5 Å². The third-order valence-electron chi connectivity index (χ3n) is 7.21. The average Bonchev–Trinajstić information content (AvgIpc) is 3.36. The largest absolute Gasteiger partial charge is 0.444 e. The van der Waals surface area contributed by atoms with Gasteiger partial charge >= 0.3 is 6.09 Å². The number of nitrogens with one attached hydrogen (secondary N) is 1. The highest BCUT2D eigenvalue weighted by Crippen LogP contribution is 2.25. The molecule has 36 heavy (non-hydrogen) atoms. The molecule has 3 aliphatic rings. The summed E-state index contributed by atoms with van der Waals surface area (Å²) in [6.07, 6.45) is 2.18. The molecule has 0 radical (unpaired) electrons. The standard InChI is InChI=1S/C27H35N5O4/c1-27(2,3)36-26(35)31-10-8-19-15-20(6-7-21(19)16-31)24(33)32-17-22(18-32)29-11-13-30(14-12-29)25(34)23-5-4-9-28-23/h4-7,9,15,22,28H,8,10-14,16-18H2,1-3H3. The van der Waals surface area contributed by atoms with Crippen molar-refractivity contribution in [3.63, 3.8) is 0 Å². The number of aromatic nitrogens is 1. The van der Waals surface area contributed by atoms with Crippen molar-refractivity contribution in [3.05, 3.63) is 58.9 Å². The van der Waals surface area contributed by atoms with E-state index in [0.717, 1.165) is 24.2 Å². The molecule has 1 aromatic carbocycles. The van der Waals surface area contributed by atoms with Crippen molar-refractivity contribution < 1.29 is 19.1 Å². The van der Waals surface area contributed by atoms with E-state index in [1.165, 1.54) is 0 Å². The van der Waals surface area contributed by atoms with Crippen molar-refractivity contribution in [2.24, 2.45) is 0 Å². The van der Waals surface area contributed by atoms with Gasteiger partial charge in [0.15, 0.2) is 0 Å². The minimum absolute atomic E-state index is 0.0479. The predicted octanol–water partition coefficient (Wildman–Crippen LogP) is 2.59. The molecule has 0 atom stereocenters. The average molecular weight is 494 g/mol. The van der Waals surface area contributed by atoms with Crippen molar-refractivity contribution in [1.29, 1.82) is 0 Å². The van der Waals surface area contributed by atoms with Gasteiger partial charge in [0, 0.05) is 70.2 Å². The van der Waals surface area contributed by atoms with E-state index >= 15 is 0 Å². The van der Waals surface area contributed by atoms with Crippen LogP contribution in [-0.4, -0.2) is 99.9 Å². The number of carbonyl (C=O) groups excluding carboxylic acids is 3. The summed E-state index contributed by atoms with van der Waals surface area (Å²) in [5.41, 5.74) is 3.01. The van der Waals surface area contributed by atoms with Crippen LogP contribution >= 0.6 is 0 Å². The zero-order valence-corrected chi connectivity index (χ0v) is 21.3. The van der Waals surface area contributed by atoms with Gasteiger partial charge in [-0.2, -0.15) is 0 Å². The summed E-state index contributed by atoms with van der Waals surface area (Å²) in [4.78, 5) is 48.9. The SMILES string of the molecule is CC(C)(C)OC(=O)N1CCc2cc(C(=O)N3CC(N4CCN(C(=O)c5ccc[nH]5)CC4)C3)ccc2C1. The fraction of sp³-hybridized carbons (Fsp3) is 0.519. The number of carbonyl (C=O) groups is 3. The zero-order chi connectivity index (χ0) is 25.4.